The highest BCUT2D eigenvalue weighted by molar-refractivity contribution is 7.89. The lowest BCUT2D eigenvalue weighted by atomic mass is 10.1. The third kappa shape index (κ3) is 4.43. The minimum atomic E-state index is -3.59. The molecule has 0 aromatic heterocycles. The van der Waals surface area contributed by atoms with E-state index in [1.165, 1.54) is 32.3 Å². The van der Waals surface area contributed by atoms with Crippen LogP contribution in [0, 0.1) is 0 Å². The van der Waals surface area contributed by atoms with E-state index in [0.29, 0.717) is 0 Å². The highest BCUT2D eigenvalue weighted by Gasteiger charge is 2.21. The van der Waals surface area contributed by atoms with Gasteiger partial charge in [0, 0.05) is 20.1 Å². The van der Waals surface area contributed by atoms with Gasteiger partial charge in [0.2, 0.25) is 10.0 Å². The fourth-order valence-electron chi connectivity index (χ4n) is 1.86. The zero-order valence-electron chi connectivity index (χ0n) is 12.7. The molecule has 21 heavy (non-hydrogen) atoms. The Kier molecular flexibility index (Phi) is 6.19. The minimum absolute atomic E-state index is 0.00711. The van der Waals surface area contributed by atoms with Crippen LogP contribution in [0.2, 0.25) is 5.02 Å². The molecule has 0 spiro atoms. The van der Waals surface area contributed by atoms with Crippen molar-refractivity contribution in [1.82, 2.24) is 9.62 Å². The molecule has 118 valence electrons. The van der Waals surface area contributed by atoms with Gasteiger partial charge in [0.05, 0.1) is 15.5 Å². The first-order valence-corrected chi connectivity index (χ1v) is 8.55. The van der Waals surface area contributed by atoms with Gasteiger partial charge >= 0.3 is 0 Å². The summed E-state index contributed by atoms with van der Waals surface area (Å²) in [6.45, 7) is 3.93. The van der Waals surface area contributed by atoms with Crippen LogP contribution in [0.4, 0.5) is 0 Å². The first-order chi connectivity index (χ1) is 9.70. The van der Waals surface area contributed by atoms with Crippen molar-refractivity contribution < 1.29 is 13.2 Å². The molecule has 0 heterocycles. The molecule has 1 rings (SSSR count). The van der Waals surface area contributed by atoms with Gasteiger partial charge in [-0.15, -0.1) is 0 Å². The van der Waals surface area contributed by atoms with Crippen molar-refractivity contribution >= 4 is 27.5 Å². The fourth-order valence-corrected chi connectivity index (χ4v) is 2.99. The summed E-state index contributed by atoms with van der Waals surface area (Å²) < 4.78 is 25.3. The van der Waals surface area contributed by atoms with Crippen molar-refractivity contribution in [3.8, 4) is 0 Å². The molecule has 5 nitrogen and oxygen atoms in total. The first kappa shape index (κ1) is 17.9. The number of rotatable bonds is 6. The van der Waals surface area contributed by atoms with Gasteiger partial charge in [0.15, 0.2) is 0 Å². The largest absolute Gasteiger partial charge is 0.350 e. The number of hydrogen-bond acceptors (Lipinski definition) is 3. The van der Waals surface area contributed by atoms with Crippen molar-refractivity contribution in [3.63, 3.8) is 0 Å². The van der Waals surface area contributed by atoms with Crippen molar-refractivity contribution in [1.29, 1.82) is 0 Å². The number of nitrogens with one attached hydrogen (secondary N) is 1. The minimum Gasteiger partial charge on any atom is -0.350 e. The number of carbonyl (C=O) groups excluding carboxylic acids is 1. The summed E-state index contributed by atoms with van der Waals surface area (Å²) in [6, 6.07) is 4.14. The summed E-state index contributed by atoms with van der Waals surface area (Å²) in [5.74, 6) is -0.364. The molecule has 1 atom stereocenters. The maximum atomic E-state index is 12.2. The lowest BCUT2D eigenvalue weighted by Crippen LogP contribution is -2.32. The number of halogens is 1. The van der Waals surface area contributed by atoms with Crippen LogP contribution >= 0.6 is 11.6 Å². The van der Waals surface area contributed by atoms with Crippen LogP contribution in [0.1, 0.15) is 37.0 Å². The lowest BCUT2D eigenvalue weighted by Gasteiger charge is -2.15. The molecule has 0 radical (unpaired) electrons. The van der Waals surface area contributed by atoms with E-state index in [1.54, 1.807) is 0 Å². The second-order valence-electron chi connectivity index (χ2n) is 5.09. The van der Waals surface area contributed by atoms with E-state index in [1.807, 2.05) is 13.8 Å². The summed E-state index contributed by atoms with van der Waals surface area (Å²) in [5, 5.41) is 3.04. The van der Waals surface area contributed by atoms with Crippen LogP contribution < -0.4 is 5.32 Å². The van der Waals surface area contributed by atoms with Crippen LogP contribution in [-0.4, -0.2) is 38.8 Å². The zero-order valence-corrected chi connectivity index (χ0v) is 14.3. The van der Waals surface area contributed by atoms with E-state index < -0.39 is 10.0 Å². The molecule has 1 aromatic rings. The van der Waals surface area contributed by atoms with Gasteiger partial charge in [-0.1, -0.05) is 24.9 Å². The Hall–Kier alpha value is -1.11. The summed E-state index contributed by atoms with van der Waals surface area (Å²) >= 11 is 6.01. The molecule has 0 saturated heterocycles. The molecule has 1 amide bonds. The standard InChI is InChI=1S/C14H21ClN2O3S/c1-5-6-10(2)16-14(18)12-9-11(7-8-13(12)15)21(19,20)17(3)4/h7-10H,5-6H2,1-4H3,(H,16,18)/t10-/m0/s1. The summed E-state index contributed by atoms with van der Waals surface area (Å²) in [5.41, 5.74) is 0.169. The number of hydrogen-bond donors (Lipinski definition) is 1. The molecule has 0 fully saturated rings. The number of benzene rings is 1. The van der Waals surface area contributed by atoms with Crippen LogP contribution in [0.3, 0.4) is 0 Å². The Morgan fingerprint density at radius 3 is 2.52 bits per heavy atom. The number of nitrogens with zero attached hydrogens (tertiary/aromatic N) is 1. The highest BCUT2D eigenvalue weighted by Crippen LogP contribution is 2.22. The second-order valence-corrected chi connectivity index (χ2v) is 7.65. The predicted octanol–water partition coefficient (Wildman–Crippen LogP) is 2.51. The molecular weight excluding hydrogens is 312 g/mol. The van der Waals surface area contributed by atoms with Gasteiger partial charge in [0.1, 0.15) is 0 Å². The Balaban J connectivity index is 3.11. The molecule has 0 aliphatic rings. The normalized spacial score (nSPS) is 13.2. The molecule has 0 aliphatic carbocycles. The average Bonchev–Trinajstić information content (AvgIpc) is 2.38. The van der Waals surface area contributed by atoms with Crippen LogP contribution in [0.5, 0.6) is 0 Å². The van der Waals surface area contributed by atoms with E-state index in [9.17, 15) is 13.2 Å². The topological polar surface area (TPSA) is 66.5 Å². The Morgan fingerprint density at radius 2 is 2.00 bits per heavy atom. The molecule has 1 N–H and O–H groups in total. The van der Waals surface area contributed by atoms with E-state index in [4.69, 9.17) is 11.6 Å². The van der Waals surface area contributed by atoms with Gasteiger partial charge in [-0.3, -0.25) is 4.79 Å². The molecule has 0 saturated carbocycles. The van der Waals surface area contributed by atoms with Gasteiger partial charge in [-0.2, -0.15) is 0 Å². The highest BCUT2D eigenvalue weighted by atomic mass is 35.5. The van der Waals surface area contributed by atoms with Crippen molar-refractivity contribution in [2.24, 2.45) is 0 Å². The van der Waals surface area contributed by atoms with Gasteiger partial charge in [0.25, 0.3) is 5.91 Å². The van der Waals surface area contributed by atoms with Gasteiger partial charge in [-0.25, -0.2) is 12.7 Å². The monoisotopic (exact) mass is 332 g/mol. The molecule has 1 aromatic carbocycles. The smallest absolute Gasteiger partial charge is 0.253 e. The van der Waals surface area contributed by atoms with Gasteiger partial charge in [-0.05, 0) is 31.5 Å². The Labute approximate surface area is 131 Å². The molecule has 0 aliphatic heterocycles. The maximum Gasteiger partial charge on any atom is 0.253 e. The SMILES string of the molecule is CCC[C@H](C)NC(=O)c1cc(S(=O)(=O)N(C)C)ccc1Cl. The summed E-state index contributed by atoms with van der Waals surface area (Å²) in [6.07, 6.45) is 1.79. The number of sulfonamides is 1. The average molecular weight is 333 g/mol. The van der Waals surface area contributed by atoms with Crippen molar-refractivity contribution in [3.05, 3.63) is 28.8 Å². The third-order valence-electron chi connectivity index (χ3n) is 3.06. The van der Waals surface area contributed by atoms with Crippen molar-refractivity contribution in [2.45, 2.75) is 37.6 Å². The van der Waals surface area contributed by atoms with Crippen LogP contribution in [0.15, 0.2) is 23.1 Å². The number of amides is 1. The second kappa shape index (κ2) is 7.24. The van der Waals surface area contributed by atoms with Gasteiger partial charge < -0.3 is 5.32 Å². The zero-order chi connectivity index (χ0) is 16.2. The van der Waals surface area contributed by atoms with E-state index in [2.05, 4.69) is 5.32 Å². The quantitative estimate of drug-likeness (QED) is 0.870. The predicted molar refractivity (Wildman–Crippen MR) is 84.2 cm³/mol. The number of carbonyl (C=O) groups is 1. The van der Waals surface area contributed by atoms with E-state index in [-0.39, 0.29) is 27.4 Å². The van der Waals surface area contributed by atoms with Crippen LogP contribution in [0.25, 0.3) is 0 Å². The van der Waals surface area contributed by atoms with Crippen molar-refractivity contribution in [2.75, 3.05) is 14.1 Å². The first-order valence-electron chi connectivity index (χ1n) is 6.73. The van der Waals surface area contributed by atoms with Crippen LogP contribution in [-0.2, 0) is 10.0 Å². The fraction of sp³-hybridized carbons (Fsp3) is 0.500. The summed E-state index contributed by atoms with van der Waals surface area (Å²) in [7, 11) is -0.719. The molecular formula is C14H21ClN2O3S. The summed E-state index contributed by atoms with van der Waals surface area (Å²) in [4.78, 5) is 12.2. The molecule has 0 unspecified atom stereocenters. The Morgan fingerprint density at radius 1 is 1.38 bits per heavy atom. The molecule has 0 bridgehead atoms. The van der Waals surface area contributed by atoms with E-state index >= 15 is 0 Å². The lowest BCUT2D eigenvalue weighted by molar-refractivity contribution is 0.0938. The van der Waals surface area contributed by atoms with E-state index in [0.717, 1.165) is 17.1 Å². The maximum absolute atomic E-state index is 12.2. The third-order valence-corrected chi connectivity index (χ3v) is 5.20. The Bertz CT molecular complexity index is 615. The molecule has 7 heteroatoms.